The number of hydrogen-bond acceptors (Lipinski definition) is 6. The fraction of sp³-hybridized carbons (Fsp3) is 0.421. The molecule has 1 aliphatic rings. The number of H-pyrrole nitrogens is 1. The van der Waals surface area contributed by atoms with Gasteiger partial charge in [-0.25, -0.2) is 4.98 Å². The van der Waals surface area contributed by atoms with E-state index in [0.717, 1.165) is 32.7 Å². The number of amides is 1. The van der Waals surface area contributed by atoms with Gasteiger partial charge in [0.1, 0.15) is 11.5 Å². The molecule has 0 aliphatic carbocycles. The summed E-state index contributed by atoms with van der Waals surface area (Å²) in [5.41, 5.74) is 1.72. The first-order valence-corrected chi connectivity index (χ1v) is 10.3. The lowest BCUT2D eigenvalue weighted by molar-refractivity contribution is 0.102. The number of hydrogen-bond donors (Lipinski definition) is 2. The van der Waals surface area contributed by atoms with Crippen LogP contribution in [0, 0.1) is 0 Å². The minimum absolute atomic E-state index is 0.129. The lowest BCUT2D eigenvalue weighted by Gasteiger charge is -2.32. The van der Waals surface area contributed by atoms with Crippen molar-refractivity contribution in [1.29, 1.82) is 0 Å². The molecule has 1 fully saturated rings. The summed E-state index contributed by atoms with van der Waals surface area (Å²) in [6, 6.07) is 9.05. The van der Waals surface area contributed by atoms with Crippen molar-refractivity contribution in [1.82, 2.24) is 19.8 Å². The van der Waals surface area contributed by atoms with E-state index >= 15 is 0 Å². The molecule has 1 saturated heterocycles. The largest absolute Gasteiger partial charge is 0.321 e. The van der Waals surface area contributed by atoms with Crippen LogP contribution in [0.2, 0.25) is 0 Å². The highest BCUT2D eigenvalue weighted by atomic mass is 32.2. The van der Waals surface area contributed by atoms with Gasteiger partial charge < -0.3 is 15.2 Å². The Bertz CT molecular complexity index is 829. The Kier molecular flexibility index (Phi) is 6.65. The Hall–Kier alpha value is -2.16. The quantitative estimate of drug-likeness (QED) is 0.784. The maximum atomic E-state index is 12.4. The monoisotopic (exact) mass is 387 g/mol. The molecule has 0 radical (unpaired) electrons. The fourth-order valence-electron chi connectivity index (χ4n) is 2.98. The van der Waals surface area contributed by atoms with Gasteiger partial charge in [0, 0.05) is 44.5 Å². The molecule has 0 unspecified atom stereocenters. The molecule has 7 nitrogen and oxygen atoms in total. The molecule has 1 aliphatic heterocycles. The summed E-state index contributed by atoms with van der Waals surface area (Å²) < 4.78 is 0. The predicted molar refractivity (Wildman–Crippen MR) is 109 cm³/mol. The Morgan fingerprint density at radius 1 is 1.22 bits per heavy atom. The van der Waals surface area contributed by atoms with E-state index in [1.807, 2.05) is 30.5 Å². The van der Waals surface area contributed by atoms with Crippen LogP contribution in [-0.2, 0) is 12.3 Å². The number of nitrogens with one attached hydrogen (secondary N) is 2. The molecule has 27 heavy (non-hydrogen) atoms. The molecule has 0 saturated carbocycles. The highest BCUT2D eigenvalue weighted by Crippen LogP contribution is 2.13. The van der Waals surface area contributed by atoms with E-state index in [9.17, 15) is 9.59 Å². The van der Waals surface area contributed by atoms with Crippen molar-refractivity contribution >= 4 is 23.4 Å². The number of aromatic amines is 1. The van der Waals surface area contributed by atoms with Crippen molar-refractivity contribution in [2.75, 3.05) is 44.8 Å². The van der Waals surface area contributed by atoms with E-state index < -0.39 is 0 Å². The zero-order valence-corrected chi connectivity index (χ0v) is 16.5. The van der Waals surface area contributed by atoms with Crippen LogP contribution in [0.5, 0.6) is 0 Å². The maximum Gasteiger partial charge on any atom is 0.274 e. The summed E-state index contributed by atoms with van der Waals surface area (Å²) >= 11 is 1.53. The number of likely N-dealkylation sites (N-methyl/N-ethyl adjacent to an activating group) is 1. The molecule has 2 aromatic rings. The number of piperazine rings is 1. The van der Waals surface area contributed by atoms with Gasteiger partial charge in [0.2, 0.25) is 0 Å². The molecule has 1 amide bonds. The van der Waals surface area contributed by atoms with E-state index in [1.165, 1.54) is 23.4 Å². The molecule has 2 heterocycles. The molecule has 144 valence electrons. The van der Waals surface area contributed by atoms with Gasteiger partial charge in [0.15, 0.2) is 0 Å². The fourth-order valence-corrected chi connectivity index (χ4v) is 3.39. The van der Waals surface area contributed by atoms with Gasteiger partial charge in [0.05, 0.1) is 5.75 Å². The number of rotatable bonds is 6. The van der Waals surface area contributed by atoms with Gasteiger partial charge >= 0.3 is 0 Å². The topological polar surface area (TPSA) is 81.3 Å². The first-order valence-electron chi connectivity index (χ1n) is 8.94. The molecule has 1 aromatic heterocycles. The summed E-state index contributed by atoms with van der Waals surface area (Å²) in [5, 5.41) is 2.81. The third kappa shape index (κ3) is 5.66. The second-order valence-corrected chi connectivity index (χ2v) is 7.61. The number of thioether (sulfide) groups is 1. The zero-order chi connectivity index (χ0) is 19.2. The molecule has 0 spiro atoms. The van der Waals surface area contributed by atoms with E-state index in [4.69, 9.17) is 0 Å². The predicted octanol–water partition coefficient (Wildman–Crippen LogP) is 1.63. The second kappa shape index (κ2) is 9.16. The third-order valence-electron chi connectivity index (χ3n) is 4.52. The summed E-state index contributed by atoms with van der Waals surface area (Å²) in [6.45, 7) is 5.24. The average molecular weight is 388 g/mol. The molecule has 0 bridgehead atoms. The summed E-state index contributed by atoms with van der Waals surface area (Å²) in [7, 11) is 2.15. The number of carbonyl (C=O) groups is 1. The van der Waals surface area contributed by atoms with Gasteiger partial charge in [-0.15, -0.1) is 0 Å². The summed E-state index contributed by atoms with van der Waals surface area (Å²) in [5.74, 6) is 0.676. The van der Waals surface area contributed by atoms with E-state index in [1.54, 1.807) is 0 Å². The minimum atomic E-state index is -0.379. The van der Waals surface area contributed by atoms with Gasteiger partial charge in [-0.05, 0) is 31.0 Å². The van der Waals surface area contributed by atoms with Gasteiger partial charge in [-0.2, -0.15) is 11.8 Å². The van der Waals surface area contributed by atoms with Crippen LogP contribution in [0.25, 0.3) is 0 Å². The number of carbonyl (C=O) groups excluding carboxylic acids is 1. The minimum Gasteiger partial charge on any atom is -0.321 e. The molecule has 3 rings (SSSR count). The Labute approximate surface area is 163 Å². The van der Waals surface area contributed by atoms with Crippen LogP contribution in [0.3, 0.4) is 0 Å². The number of aromatic nitrogens is 2. The third-order valence-corrected chi connectivity index (χ3v) is 5.08. The SMILES string of the molecule is CSCc1nc(C(=O)Nc2ccc(CN3CCN(C)CC3)cc2)cc(=O)[nH]1. The van der Waals surface area contributed by atoms with E-state index in [-0.39, 0.29) is 17.2 Å². The standard InChI is InChI=1S/C19H25N5O2S/c1-23-7-9-24(10-8-23)12-14-3-5-15(6-4-14)20-19(26)16-11-18(25)22-17(21-16)13-27-2/h3-6,11H,7-10,12-13H2,1-2H3,(H,20,26)(H,21,22,25). The normalized spacial score (nSPS) is 15.6. The highest BCUT2D eigenvalue weighted by Gasteiger charge is 2.14. The van der Waals surface area contributed by atoms with Crippen molar-refractivity contribution in [3.05, 3.63) is 57.8 Å². The van der Waals surface area contributed by atoms with Crippen LogP contribution in [0.15, 0.2) is 35.1 Å². The van der Waals surface area contributed by atoms with Crippen LogP contribution < -0.4 is 10.9 Å². The molecule has 8 heteroatoms. The Balaban J connectivity index is 1.61. The van der Waals surface area contributed by atoms with Crippen molar-refractivity contribution in [3.8, 4) is 0 Å². The van der Waals surface area contributed by atoms with Crippen molar-refractivity contribution in [3.63, 3.8) is 0 Å². The molecule has 2 N–H and O–H groups in total. The number of anilines is 1. The molecule has 0 atom stereocenters. The average Bonchev–Trinajstić information content (AvgIpc) is 2.65. The Morgan fingerprint density at radius 3 is 2.59 bits per heavy atom. The lowest BCUT2D eigenvalue weighted by atomic mass is 10.1. The summed E-state index contributed by atoms with van der Waals surface area (Å²) in [6.07, 6.45) is 1.91. The van der Waals surface area contributed by atoms with E-state index in [2.05, 4.69) is 32.1 Å². The van der Waals surface area contributed by atoms with E-state index in [0.29, 0.717) is 17.3 Å². The number of nitrogens with zero attached hydrogens (tertiary/aromatic N) is 3. The molecule has 1 aromatic carbocycles. The second-order valence-electron chi connectivity index (χ2n) is 6.74. The van der Waals surface area contributed by atoms with Gasteiger partial charge in [-0.1, -0.05) is 12.1 Å². The van der Waals surface area contributed by atoms with Crippen LogP contribution in [0.4, 0.5) is 5.69 Å². The lowest BCUT2D eigenvalue weighted by Crippen LogP contribution is -2.43. The first-order chi connectivity index (χ1) is 13.0. The maximum absolute atomic E-state index is 12.4. The van der Waals surface area contributed by atoms with Gasteiger partial charge in [-0.3, -0.25) is 14.5 Å². The molecular formula is C19H25N5O2S. The van der Waals surface area contributed by atoms with Crippen molar-refractivity contribution in [2.45, 2.75) is 12.3 Å². The smallest absolute Gasteiger partial charge is 0.274 e. The van der Waals surface area contributed by atoms with Gasteiger partial charge in [0.25, 0.3) is 11.5 Å². The number of benzene rings is 1. The summed E-state index contributed by atoms with van der Waals surface area (Å²) in [4.78, 5) is 35.7. The van der Waals surface area contributed by atoms with Crippen molar-refractivity contribution in [2.24, 2.45) is 0 Å². The highest BCUT2D eigenvalue weighted by molar-refractivity contribution is 7.97. The van der Waals surface area contributed by atoms with Crippen LogP contribution in [-0.4, -0.2) is 65.2 Å². The Morgan fingerprint density at radius 2 is 1.93 bits per heavy atom. The zero-order valence-electron chi connectivity index (χ0n) is 15.7. The van der Waals surface area contributed by atoms with Crippen molar-refractivity contribution < 1.29 is 4.79 Å². The molecular weight excluding hydrogens is 362 g/mol. The van der Waals surface area contributed by atoms with Crippen LogP contribution >= 0.6 is 11.8 Å². The first kappa shape index (κ1) is 19.6. The van der Waals surface area contributed by atoms with Crippen LogP contribution in [0.1, 0.15) is 21.9 Å².